The van der Waals surface area contributed by atoms with E-state index in [-0.39, 0.29) is 30.7 Å². The van der Waals surface area contributed by atoms with Crippen LogP contribution in [0.5, 0.6) is 0 Å². The largest absolute Gasteiger partial charge is 0.354 e. The number of para-hydroxylation sites is 2. The Bertz CT molecular complexity index is 692. The highest BCUT2D eigenvalue weighted by molar-refractivity contribution is 7.18. The molecule has 2 heterocycles. The molecule has 3 rings (SSSR count). The average molecular weight is 304 g/mol. The summed E-state index contributed by atoms with van der Waals surface area (Å²) in [6.45, 7) is 0. The van der Waals surface area contributed by atoms with Crippen LogP contribution in [0.2, 0.25) is 0 Å². The Morgan fingerprint density at radius 2 is 2.06 bits per heavy atom. The van der Waals surface area contributed by atoms with Crippen molar-refractivity contribution in [3.63, 3.8) is 0 Å². The third-order valence-electron chi connectivity index (χ3n) is 2.46. The maximum atomic E-state index is 11.5. The molecule has 0 unspecified atom stereocenters. The van der Waals surface area contributed by atoms with Crippen molar-refractivity contribution < 1.29 is 4.79 Å². The average Bonchev–Trinajstić information content (AvgIpc) is 2.85. The summed E-state index contributed by atoms with van der Waals surface area (Å²) in [5.41, 5.74) is 1.99. The number of benzene rings is 1. The molecule has 18 heavy (non-hydrogen) atoms. The summed E-state index contributed by atoms with van der Waals surface area (Å²) < 4.78 is 1.95. The SMILES string of the molecule is CNC(=O)c1cn2c(nc3ccccc32)s1.Cl.Cl. The van der Waals surface area contributed by atoms with Crippen LogP contribution in [0.1, 0.15) is 9.67 Å². The standard InChI is InChI=1S/C11H9N3OS.2ClH/c1-12-10(15)9-6-14-8-5-3-2-4-7(8)13-11(14)16-9;;/h2-6H,1H3,(H,12,15);2*1H. The summed E-state index contributed by atoms with van der Waals surface area (Å²) in [7, 11) is 1.63. The lowest BCUT2D eigenvalue weighted by Gasteiger charge is -1.92. The Kier molecular flexibility index (Phi) is 4.56. The highest BCUT2D eigenvalue weighted by Gasteiger charge is 2.12. The monoisotopic (exact) mass is 303 g/mol. The molecule has 1 N–H and O–H groups in total. The van der Waals surface area contributed by atoms with Crippen molar-refractivity contribution >= 4 is 58.1 Å². The number of amides is 1. The van der Waals surface area contributed by atoms with Crippen LogP contribution in [0.4, 0.5) is 0 Å². The highest BCUT2D eigenvalue weighted by Crippen LogP contribution is 2.23. The zero-order chi connectivity index (χ0) is 11.1. The van der Waals surface area contributed by atoms with Gasteiger partial charge >= 0.3 is 0 Å². The number of fused-ring (bicyclic) bond motifs is 3. The first-order chi connectivity index (χ1) is 7.79. The second-order valence-corrected chi connectivity index (χ2v) is 4.44. The Morgan fingerprint density at radius 1 is 1.33 bits per heavy atom. The first kappa shape index (κ1) is 14.8. The number of aromatic nitrogens is 2. The van der Waals surface area contributed by atoms with Gasteiger partial charge in [0.1, 0.15) is 4.88 Å². The molecule has 2 aromatic heterocycles. The molecule has 0 aliphatic rings. The van der Waals surface area contributed by atoms with Crippen molar-refractivity contribution in [1.82, 2.24) is 14.7 Å². The van der Waals surface area contributed by atoms with Gasteiger partial charge in [0.2, 0.25) is 0 Å². The zero-order valence-corrected chi connectivity index (χ0v) is 11.9. The summed E-state index contributed by atoms with van der Waals surface area (Å²) in [6, 6.07) is 7.89. The van der Waals surface area contributed by atoms with Crippen LogP contribution in [-0.2, 0) is 0 Å². The van der Waals surface area contributed by atoms with E-state index in [1.165, 1.54) is 11.3 Å². The lowest BCUT2D eigenvalue weighted by molar-refractivity contribution is 0.0967. The van der Waals surface area contributed by atoms with Gasteiger partial charge in [0.25, 0.3) is 5.91 Å². The first-order valence-corrected chi connectivity index (χ1v) is 5.70. The summed E-state index contributed by atoms with van der Waals surface area (Å²) in [5.74, 6) is -0.0698. The molecule has 0 aliphatic heterocycles. The molecule has 0 spiro atoms. The number of nitrogens with one attached hydrogen (secondary N) is 1. The van der Waals surface area contributed by atoms with Gasteiger partial charge in [0, 0.05) is 13.2 Å². The lowest BCUT2D eigenvalue weighted by Crippen LogP contribution is -2.16. The molecular weight excluding hydrogens is 293 g/mol. The molecule has 0 saturated carbocycles. The number of nitrogens with zero attached hydrogens (tertiary/aromatic N) is 2. The predicted octanol–water partition coefficient (Wildman–Crippen LogP) is 2.75. The molecule has 96 valence electrons. The van der Waals surface area contributed by atoms with Gasteiger partial charge < -0.3 is 5.32 Å². The Balaban J connectivity index is 0.000000810. The fourth-order valence-corrected chi connectivity index (χ4v) is 2.63. The van der Waals surface area contributed by atoms with E-state index in [0.29, 0.717) is 4.88 Å². The van der Waals surface area contributed by atoms with Crippen LogP contribution in [0.3, 0.4) is 0 Å². The van der Waals surface area contributed by atoms with Gasteiger partial charge in [-0.25, -0.2) is 4.98 Å². The van der Waals surface area contributed by atoms with E-state index in [1.807, 2.05) is 34.9 Å². The number of imidazole rings is 1. The molecule has 0 atom stereocenters. The maximum absolute atomic E-state index is 11.5. The molecule has 3 aromatic rings. The van der Waals surface area contributed by atoms with Crippen LogP contribution < -0.4 is 5.32 Å². The van der Waals surface area contributed by atoms with E-state index in [0.717, 1.165) is 16.0 Å². The van der Waals surface area contributed by atoms with Crippen molar-refractivity contribution in [3.8, 4) is 0 Å². The smallest absolute Gasteiger partial charge is 0.262 e. The predicted molar refractivity (Wildman–Crippen MR) is 78.5 cm³/mol. The van der Waals surface area contributed by atoms with Crippen molar-refractivity contribution in [3.05, 3.63) is 35.3 Å². The summed E-state index contributed by atoms with van der Waals surface area (Å²) in [4.78, 5) is 17.5. The van der Waals surface area contributed by atoms with Crippen LogP contribution in [0.15, 0.2) is 30.5 Å². The van der Waals surface area contributed by atoms with Gasteiger partial charge in [-0.15, -0.1) is 24.8 Å². The lowest BCUT2D eigenvalue weighted by atomic mass is 10.3. The number of carbonyl (C=O) groups is 1. The van der Waals surface area contributed by atoms with Crippen molar-refractivity contribution in [1.29, 1.82) is 0 Å². The third-order valence-corrected chi connectivity index (χ3v) is 3.44. The van der Waals surface area contributed by atoms with Crippen LogP contribution in [0, 0.1) is 0 Å². The Labute approximate surface area is 120 Å². The van der Waals surface area contributed by atoms with Gasteiger partial charge in [-0.05, 0) is 12.1 Å². The summed E-state index contributed by atoms with van der Waals surface area (Å²) in [5, 5.41) is 2.61. The highest BCUT2D eigenvalue weighted by atomic mass is 35.5. The minimum Gasteiger partial charge on any atom is -0.354 e. The van der Waals surface area contributed by atoms with Crippen molar-refractivity contribution in [2.75, 3.05) is 7.05 Å². The minimum absolute atomic E-state index is 0. The topological polar surface area (TPSA) is 46.4 Å². The quantitative estimate of drug-likeness (QED) is 0.751. The van der Waals surface area contributed by atoms with Crippen LogP contribution >= 0.6 is 36.2 Å². The fourth-order valence-electron chi connectivity index (χ4n) is 1.69. The molecule has 0 fully saturated rings. The van der Waals surface area contributed by atoms with E-state index in [1.54, 1.807) is 7.05 Å². The fraction of sp³-hybridized carbons (Fsp3) is 0.0909. The van der Waals surface area contributed by atoms with Gasteiger partial charge in [-0.2, -0.15) is 0 Å². The second-order valence-electron chi connectivity index (χ2n) is 3.43. The Morgan fingerprint density at radius 3 is 2.78 bits per heavy atom. The molecule has 1 amide bonds. The number of carbonyl (C=O) groups excluding carboxylic acids is 1. The number of hydrogen-bond acceptors (Lipinski definition) is 3. The molecular formula is C11H11Cl2N3OS. The Hall–Kier alpha value is -1.30. The van der Waals surface area contributed by atoms with E-state index in [2.05, 4.69) is 10.3 Å². The number of hydrogen-bond donors (Lipinski definition) is 1. The van der Waals surface area contributed by atoms with E-state index in [4.69, 9.17) is 0 Å². The first-order valence-electron chi connectivity index (χ1n) is 4.88. The maximum Gasteiger partial charge on any atom is 0.262 e. The third kappa shape index (κ3) is 2.16. The van der Waals surface area contributed by atoms with Gasteiger partial charge in [0.05, 0.1) is 11.0 Å². The number of halogens is 2. The van der Waals surface area contributed by atoms with Crippen molar-refractivity contribution in [2.24, 2.45) is 0 Å². The number of thiazole rings is 1. The molecule has 0 radical (unpaired) electrons. The normalized spacial score (nSPS) is 9.83. The molecule has 4 nitrogen and oxygen atoms in total. The van der Waals surface area contributed by atoms with E-state index < -0.39 is 0 Å². The summed E-state index contributed by atoms with van der Waals surface area (Å²) >= 11 is 1.40. The van der Waals surface area contributed by atoms with E-state index in [9.17, 15) is 4.79 Å². The second kappa shape index (κ2) is 5.56. The molecule has 0 bridgehead atoms. The molecule has 0 aliphatic carbocycles. The van der Waals surface area contributed by atoms with Crippen molar-refractivity contribution in [2.45, 2.75) is 0 Å². The number of rotatable bonds is 1. The van der Waals surface area contributed by atoms with Gasteiger partial charge in [-0.3, -0.25) is 9.20 Å². The van der Waals surface area contributed by atoms with Gasteiger partial charge in [-0.1, -0.05) is 23.5 Å². The van der Waals surface area contributed by atoms with Crippen LogP contribution in [-0.4, -0.2) is 22.3 Å². The zero-order valence-electron chi connectivity index (χ0n) is 9.41. The summed E-state index contributed by atoms with van der Waals surface area (Å²) in [6.07, 6.45) is 1.83. The van der Waals surface area contributed by atoms with Gasteiger partial charge in [0.15, 0.2) is 4.96 Å². The van der Waals surface area contributed by atoms with E-state index >= 15 is 0 Å². The van der Waals surface area contributed by atoms with Crippen LogP contribution in [0.25, 0.3) is 16.0 Å². The molecule has 1 aromatic carbocycles. The molecule has 7 heteroatoms. The minimum atomic E-state index is -0.0698. The molecule has 0 saturated heterocycles.